The lowest BCUT2D eigenvalue weighted by Gasteiger charge is -2.16. The van der Waals surface area contributed by atoms with E-state index in [1.807, 2.05) is 12.3 Å². The summed E-state index contributed by atoms with van der Waals surface area (Å²) in [5.74, 6) is 0.478. The van der Waals surface area contributed by atoms with Gasteiger partial charge in [-0.2, -0.15) is 0 Å². The molecule has 1 unspecified atom stereocenters. The summed E-state index contributed by atoms with van der Waals surface area (Å²) in [4.78, 5) is 16.6. The summed E-state index contributed by atoms with van der Waals surface area (Å²) in [5.41, 5.74) is 3.28. The van der Waals surface area contributed by atoms with Gasteiger partial charge in [-0.15, -0.1) is 11.3 Å². The summed E-state index contributed by atoms with van der Waals surface area (Å²) < 4.78 is 0. The van der Waals surface area contributed by atoms with E-state index in [2.05, 4.69) is 55.3 Å². The van der Waals surface area contributed by atoms with Gasteiger partial charge in [-0.1, -0.05) is 45.0 Å². The molecule has 2 aromatic rings. The van der Waals surface area contributed by atoms with Gasteiger partial charge in [-0.3, -0.25) is 4.79 Å². The fraction of sp³-hybridized carbons (Fsp3) is 0.444. The number of hydrogen-bond donors (Lipinski definition) is 1. The molecule has 0 aliphatic heterocycles. The van der Waals surface area contributed by atoms with Crippen molar-refractivity contribution >= 4 is 17.2 Å². The van der Waals surface area contributed by atoms with Gasteiger partial charge in [0.1, 0.15) is 5.01 Å². The Balaban J connectivity index is 2.00. The van der Waals surface area contributed by atoms with E-state index in [0.29, 0.717) is 12.3 Å². The smallest absolute Gasteiger partial charge is 0.226 e. The molecule has 2 rings (SSSR count). The molecule has 0 aliphatic carbocycles. The molecule has 0 aliphatic rings. The number of amides is 1. The summed E-state index contributed by atoms with van der Waals surface area (Å²) >= 11 is 1.59. The molecular formula is C18H24N2OS. The van der Waals surface area contributed by atoms with E-state index in [1.165, 1.54) is 5.56 Å². The van der Waals surface area contributed by atoms with Gasteiger partial charge in [0, 0.05) is 17.0 Å². The highest BCUT2D eigenvalue weighted by atomic mass is 32.1. The molecule has 118 valence electrons. The maximum Gasteiger partial charge on any atom is 0.226 e. The average molecular weight is 316 g/mol. The zero-order valence-corrected chi connectivity index (χ0v) is 14.5. The Morgan fingerprint density at radius 3 is 2.50 bits per heavy atom. The molecule has 0 bridgehead atoms. The number of benzene rings is 1. The molecule has 1 aromatic heterocycles. The number of carbonyl (C=O) groups excluding carboxylic acids is 1. The van der Waals surface area contributed by atoms with Gasteiger partial charge in [0.15, 0.2) is 0 Å². The van der Waals surface area contributed by atoms with E-state index in [9.17, 15) is 4.79 Å². The summed E-state index contributed by atoms with van der Waals surface area (Å²) in [7, 11) is 0. The zero-order chi connectivity index (χ0) is 16.1. The van der Waals surface area contributed by atoms with Crippen LogP contribution in [-0.2, 0) is 17.6 Å². The number of hydrogen-bond acceptors (Lipinski definition) is 3. The van der Waals surface area contributed by atoms with Crippen molar-refractivity contribution in [2.45, 2.75) is 46.6 Å². The van der Waals surface area contributed by atoms with Gasteiger partial charge in [0.2, 0.25) is 5.91 Å². The van der Waals surface area contributed by atoms with Crippen molar-refractivity contribution in [2.24, 2.45) is 5.92 Å². The van der Waals surface area contributed by atoms with E-state index in [1.54, 1.807) is 11.3 Å². The van der Waals surface area contributed by atoms with Crippen LogP contribution in [0.15, 0.2) is 29.6 Å². The van der Waals surface area contributed by atoms with Crippen LogP contribution in [0.2, 0.25) is 0 Å². The topological polar surface area (TPSA) is 42.0 Å². The van der Waals surface area contributed by atoms with Crippen LogP contribution in [0.5, 0.6) is 0 Å². The molecule has 0 fully saturated rings. The first-order valence-corrected chi connectivity index (χ1v) is 8.70. The van der Waals surface area contributed by atoms with Crippen LogP contribution in [0.1, 0.15) is 39.0 Å². The van der Waals surface area contributed by atoms with Gasteiger partial charge in [-0.25, -0.2) is 4.98 Å². The second kappa shape index (κ2) is 7.54. The molecule has 3 nitrogen and oxygen atoms in total. The number of aromatic nitrogens is 1. The van der Waals surface area contributed by atoms with Crippen molar-refractivity contribution in [2.75, 3.05) is 0 Å². The number of rotatable bonds is 6. The molecular weight excluding hydrogens is 292 g/mol. The molecule has 0 spiro atoms. The predicted molar refractivity (Wildman–Crippen MR) is 93.1 cm³/mol. The van der Waals surface area contributed by atoms with Gasteiger partial charge >= 0.3 is 0 Å². The SMILES string of the molecule is CCc1ccc(-c2nc(CC(=O)NC(C)C(C)C)cs2)cc1. The molecule has 22 heavy (non-hydrogen) atoms. The van der Waals surface area contributed by atoms with Crippen LogP contribution in [0.25, 0.3) is 10.6 Å². The zero-order valence-electron chi connectivity index (χ0n) is 13.7. The Morgan fingerprint density at radius 2 is 1.91 bits per heavy atom. The van der Waals surface area contributed by atoms with Crippen molar-refractivity contribution in [3.63, 3.8) is 0 Å². The summed E-state index contributed by atoms with van der Waals surface area (Å²) in [6.07, 6.45) is 1.39. The maximum absolute atomic E-state index is 12.0. The predicted octanol–water partition coefficient (Wildman–Crippen LogP) is 4.08. The Bertz CT molecular complexity index is 616. The maximum atomic E-state index is 12.0. The van der Waals surface area contributed by atoms with E-state index in [4.69, 9.17) is 0 Å². The van der Waals surface area contributed by atoms with Crippen molar-refractivity contribution in [1.82, 2.24) is 10.3 Å². The van der Waals surface area contributed by atoms with Crippen LogP contribution >= 0.6 is 11.3 Å². The lowest BCUT2D eigenvalue weighted by molar-refractivity contribution is -0.121. The normalized spacial score (nSPS) is 12.4. The van der Waals surface area contributed by atoms with E-state index in [-0.39, 0.29) is 11.9 Å². The number of carbonyl (C=O) groups is 1. The van der Waals surface area contributed by atoms with Crippen molar-refractivity contribution < 1.29 is 4.79 Å². The largest absolute Gasteiger partial charge is 0.353 e. The second-order valence-electron chi connectivity index (χ2n) is 5.97. The fourth-order valence-corrected chi connectivity index (χ4v) is 2.87. The van der Waals surface area contributed by atoms with Crippen molar-refractivity contribution in [3.05, 3.63) is 40.9 Å². The number of aryl methyl sites for hydroxylation is 1. The molecule has 1 amide bonds. The monoisotopic (exact) mass is 316 g/mol. The molecule has 4 heteroatoms. The quantitative estimate of drug-likeness (QED) is 0.872. The lowest BCUT2D eigenvalue weighted by atomic mass is 10.1. The molecule has 1 aromatic carbocycles. The van der Waals surface area contributed by atoms with Gasteiger partial charge < -0.3 is 5.32 Å². The van der Waals surface area contributed by atoms with E-state index < -0.39 is 0 Å². The van der Waals surface area contributed by atoms with Crippen molar-refractivity contribution in [1.29, 1.82) is 0 Å². The first-order valence-electron chi connectivity index (χ1n) is 7.82. The molecule has 0 radical (unpaired) electrons. The molecule has 1 N–H and O–H groups in total. The van der Waals surface area contributed by atoms with Crippen LogP contribution in [0, 0.1) is 5.92 Å². The lowest BCUT2D eigenvalue weighted by Crippen LogP contribution is -2.37. The highest BCUT2D eigenvalue weighted by molar-refractivity contribution is 7.13. The Hall–Kier alpha value is -1.68. The third kappa shape index (κ3) is 4.41. The number of nitrogens with one attached hydrogen (secondary N) is 1. The van der Waals surface area contributed by atoms with E-state index in [0.717, 1.165) is 22.7 Å². The minimum Gasteiger partial charge on any atom is -0.353 e. The van der Waals surface area contributed by atoms with Crippen molar-refractivity contribution in [3.8, 4) is 10.6 Å². The number of thiazole rings is 1. The van der Waals surface area contributed by atoms with Gasteiger partial charge in [0.05, 0.1) is 12.1 Å². The molecule has 1 atom stereocenters. The number of nitrogens with zero attached hydrogens (tertiary/aromatic N) is 1. The highest BCUT2D eigenvalue weighted by Gasteiger charge is 2.13. The minimum absolute atomic E-state index is 0.0411. The Labute approximate surface area is 136 Å². The standard InChI is InChI=1S/C18H24N2OS/c1-5-14-6-8-15(9-7-14)18-20-16(11-22-18)10-17(21)19-13(4)12(2)3/h6-9,11-13H,5,10H2,1-4H3,(H,19,21). The van der Waals surface area contributed by atoms with Crippen LogP contribution in [-0.4, -0.2) is 16.9 Å². The third-order valence-electron chi connectivity index (χ3n) is 3.89. The summed E-state index contributed by atoms with van der Waals surface area (Å²) in [6, 6.07) is 8.65. The van der Waals surface area contributed by atoms with Crippen LogP contribution in [0.4, 0.5) is 0 Å². The first-order chi connectivity index (χ1) is 10.5. The molecule has 1 heterocycles. The highest BCUT2D eigenvalue weighted by Crippen LogP contribution is 2.24. The van der Waals surface area contributed by atoms with Gasteiger partial charge in [-0.05, 0) is 24.8 Å². The second-order valence-corrected chi connectivity index (χ2v) is 6.83. The average Bonchev–Trinajstić information content (AvgIpc) is 2.95. The fourth-order valence-electron chi connectivity index (χ4n) is 2.04. The van der Waals surface area contributed by atoms with E-state index >= 15 is 0 Å². The van der Waals surface area contributed by atoms with Crippen LogP contribution in [0.3, 0.4) is 0 Å². The van der Waals surface area contributed by atoms with Crippen LogP contribution < -0.4 is 5.32 Å². The Kier molecular flexibility index (Phi) is 5.72. The van der Waals surface area contributed by atoms with Gasteiger partial charge in [0.25, 0.3) is 0 Å². The third-order valence-corrected chi connectivity index (χ3v) is 4.83. The molecule has 0 saturated heterocycles. The minimum atomic E-state index is 0.0411. The first kappa shape index (κ1) is 16.7. The summed E-state index contributed by atoms with van der Waals surface area (Å²) in [5, 5.41) is 5.97. The Morgan fingerprint density at radius 1 is 1.23 bits per heavy atom. The molecule has 0 saturated carbocycles. The summed E-state index contributed by atoms with van der Waals surface area (Å²) in [6.45, 7) is 8.38.